The first-order valence-corrected chi connectivity index (χ1v) is 12.3. The number of amides is 3. The maximum absolute atomic E-state index is 15.7. The van der Waals surface area contributed by atoms with Crippen LogP contribution in [-0.2, 0) is 28.3 Å². The molecule has 0 radical (unpaired) electrons. The third-order valence-corrected chi connectivity index (χ3v) is 7.76. The van der Waals surface area contributed by atoms with Gasteiger partial charge in [-0.15, -0.1) is 0 Å². The molecule has 0 spiro atoms. The van der Waals surface area contributed by atoms with Crippen LogP contribution in [-0.4, -0.2) is 61.7 Å². The van der Waals surface area contributed by atoms with Crippen LogP contribution in [0.15, 0.2) is 30.6 Å². The van der Waals surface area contributed by atoms with E-state index in [9.17, 15) is 19.5 Å². The number of aromatic nitrogens is 2. The van der Waals surface area contributed by atoms with Crippen LogP contribution >= 0.6 is 0 Å². The Labute approximate surface area is 210 Å². The van der Waals surface area contributed by atoms with E-state index in [0.29, 0.717) is 19.6 Å². The molecule has 2 aromatic carbocycles. The van der Waals surface area contributed by atoms with Crippen molar-refractivity contribution in [1.29, 1.82) is 0 Å². The van der Waals surface area contributed by atoms with Gasteiger partial charge >= 0.3 is 0 Å². The van der Waals surface area contributed by atoms with Gasteiger partial charge in [-0.3, -0.25) is 24.6 Å². The van der Waals surface area contributed by atoms with Crippen molar-refractivity contribution in [3.05, 3.63) is 64.5 Å². The molecule has 3 aliphatic rings. The molecule has 1 aromatic heterocycles. The summed E-state index contributed by atoms with van der Waals surface area (Å²) in [6.07, 6.45) is 2.05. The second-order valence-electron chi connectivity index (χ2n) is 10.0. The zero-order valence-corrected chi connectivity index (χ0v) is 19.9. The molecule has 9 nitrogen and oxygen atoms in total. The van der Waals surface area contributed by atoms with E-state index in [0.717, 1.165) is 22.7 Å². The summed E-state index contributed by atoms with van der Waals surface area (Å²) in [5, 5.41) is 13.6. The Morgan fingerprint density at radius 1 is 1.14 bits per heavy atom. The molecule has 3 aliphatic heterocycles. The average molecular weight is 510 g/mol. The third-order valence-electron chi connectivity index (χ3n) is 7.76. The number of hydrogen-bond acceptors (Lipinski definition) is 6. The lowest BCUT2D eigenvalue weighted by Crippen LogP contribution is -2.52. The number of aromatic amines is 1. The molecular weight excluding hydrogens is 484 g/mol. The van der Waals surface area contributed by atoms with Gasteiger partial charge in [0.2, 0.25) is 11.8 Å². The number of halogens is 2. The van der Waals surface area contributed by atoms with Gasteiger partial charge in [-0.25, -0.2) is 13.8 Å². The molecule has 3 aromatic rings. The normalized spacial score (nSPS) is 22.0. The van der Waals surface area contributed by atoms with Crippen molar-refractivity contribution in [2.75, 3.05) is 13.1 Å². The molecule has 1 atom stereocenters. The van der Waals surface area contributed by atoms with E-state index >= 15 is 8.78 Å². The number of carbonyl (C=O) groups excluding carboxylic acids is 3. The summed E-state index contributed by atoms with van der Waals surface area (Å²) in [5.41, 5.74) is 0.515. The lowest BCUT2D eigenvalue weighted by Gasteiger charge is -2.39. The van der Waals surface area contributed by atoms with E-state index in [2.05, 4.69) is 20.2 Å². The van der Waals surface area contributed by atoms with E-state index in [1.807, 2.05) is 18.2 Å². The number of benzene rings is 2. The fourth-order valence-corrected chi connectivity index (χ4v) is 5.73. The zero-order chi connectivity index (χ0) is 25.9. The van der Waals surface area contributed by atoms with E-state index in [1.54, 1.807) is 6.33 Å². The summed E-state index contributed by atoms with van der Waals surface area (Å²) in [4.78, 5) is 47.3. The number of carbonyl (C=O) groups is 3. The van der Waals surface area contributed by atoms with Crippen molar-refractivity contribution in [2.24, 2.45) is 0 Å². The van der Waals surface area contributed by atoms with Crippen LogP contribution in [0.3, 0.4) is 0 Å². The van der Waals surface area contributed by atoms with Crippen molar-refractivity contribution in [3.63, 3.8) is 0 Å². The minimum atomic E-state index is -1.72. The first kappa shape index (κ1) is 23.7. The smallest absolute Gasteiger partial charge is 0.255 e. The van der Waals surface area contributed by atoms with Crippen molar-refractivity contribution in [3.8, 4) is 0 Å². The molecule has 3 N–H and O–H groups in total. The predicted molar refractivity (Wildman–Crippen MR) is 127 cm³/mol. The molecule has 2 fully saturated rings. The number of nitrogens with one attached hydrogen (secondary N) is 2. The van der Waals surface area contributed by atoms with Crippen LogP contribution in [0.4, 0.5) is 8.78 Å². The highest BCUT2D eigenvalue weighted by Gasteiger charge is 2.45. The van der Waals surface area contributed by atoms with Gasteiger partial charge in [0.25, 0.3) is 5.91 Å². The van der Waals surface area contributed by atoms with Gasteiger partial charge in [-0.1, -0.05) is 6.07 Å². The predicted octanol–water partition coefficient (Wildman–Crippen LogP) is 2.09. The van der Waals surface area contributed by atoms with Crippen molar-refractivity contribution < 1.29 is 28.3 Å². The minimum absolute atomic E-state index is 0.0326. The standard InChI is InChI=1S/C26H25F2N5O4/c27-17-10-15-16(12-33(25(15)36)20-3-4-21(34)31-24(20)35)23(28)22(17)26(37)5-7-32(8-6-26)11-14-1-2-18-19(9-14)30-13-29-18/h1-2,9-10,13,20,37H,3-8,11-12H2,(H,29,30)(H,31,34,35). The Morgan fingerprint density at radius 3 is 2.68 bits per heavy atom. The molecule has 192 valence electrons. The van der Waals surface area contributed by atoms with Crippen molar-refractivity contribution in [2.45, 2.75) is 50.4 Å². The highest BCUT2D eigenvalue weighted by Crippen LogP contribution is 2.40. The lowest BCUT2D eigenvalue weighted by atomic mass is 9.82. The van der Waals surface area contributed by atoms with E-state index < -0.39 is 46.6 Å². The first-order valence-electron chi connectivity index (χ1n) is 12.3. The highest BCUT2D eigenvalue weighted by atomic mass is 19.1. The quantitative estimate of drug-likeness (QED) is 0.464. The van der Waals surface area contributed by atoms with Crippen molar-refractivity contribution in [1.82, 2.24) is 25.1 Å². The second-order valence-corrected chi connectivity index (χ2v) is 10.0. The summed E-state index contributed by atoms with van der Waals surface area (Å²) in [6, 6.07) is 5.95. The van der Waals surface area contributed by atoms with Crippen LogP contribution in [0.25, 0.3) is 11.0 Å². The molecule has 1 unspecified atom stereocenters. The Bertz CT molecular complexity index is 1450. The number of hydrogen-bond donors (Lipinski definition) is 3. The molecule has 0 saturated carbocycles. The summed E-state index contributed by atoms with van der Waals surface area (Å²) >= 11 is 0. The fourth-order valence-electron chi connectivity index (χ4n) is 5.73. The molecule has 2 saturated heterocycles. The first-order chi connectivity index (χ1) is 17.7. The summed E-state index contributed by atoms with van der Waals surface area (Å²) in [6.45, 7) is 1.25. The number of likely N-dealkylation sites (tertiary alicyclic amines) is 1. The van der Waals surface area contributed by atoms with Gasteiger partial charge in [0, 0.05) is 31.6 Å². The van der Waals surface area contributed by atoms with Crippen LogP contribution in [0.2, 0.25) is 0 Å². The number of piperidine rings is 2. The number of fused-ring (bicyclic) bond motifs is 2. The van der Waals surface area contributed by atoms with Gasteiger partial charge in [-0.05, 0) is 43.0 Å². The molecule has 4 heterocycles. The molecule has 3 amide bonds. The van der Waals surface area contributed by atoms with Crippen LogP contribution in [0.1, 0.15) is 52.7 Å². The van der Waals surface area contributed by atoms with Crippen molar-refractivity contribution >= 4 is 28.8 Å². The SMILES string of the molecule is O=C1CCC(N2Cc3c(cc(F)c(C4(O)CCN(Cc5ccc6nc[nH]c6c5)CC4)c3F)C2=O)C(=O)N1. The number of imidazole rings is 1. The largest absolute Gasteiger partial charge is 0.385 e. The van der Waals surface area contributed by atoms with Gasteiger partial charge < -0.3 is 15.0 Å². The van der Waals surface area contributed by atoms with E-state index in [-0.39, 0.29) is 43.4 Å². The second kappa shape index (κ2) is 8.70. The Balaban J connectivity index is 1.20. The maximum atomic E-state index is 15.7. The third kappa shape index (κ3) is 3.98. The fraction of sp³-hybridized carbons (Fsp3) is 0.385. The number of H-pyrrole nitrogens is 1. The molecule has 11 heteroatoms. The summed E-state index contributed by atoms with van der Waals surface area (Å²) in [5.74, 6) is -3.64. The number of aliphatic hydroxyl groups is 1. The van der Waals surface area contributed by atoms with Crippen LogP contribution in [0.5, 0.6) is 0 Å². The topological polar surface area (TPSA) is 119 Å². The van der Waals surface area contributed by atoms with Gasteiger partial charge in [0.05, 0.1) is 40.6 Å². The zero-order valence-electron chi connectivity index (χ0n) is 19.9. The minimum Gasteiger partial charge on any atom is -0.385 e. The monoisotopic (exact) mass is 509 g/mol. The van der Waals surface area contributed by atoms with E-state index in [4.69, 9.17) is 0 Å². The Hall–Kier alpha value is -3.70. The van der Waals surface area contributed by atoms with Gasteiger partial charge in [-0.2, -0.15) is 0 Å². The molecule has 0 bridgehead atoms. The van der Waals surface area contributed by atoms with Gasteiger partial charge in [0.15, 0.2) is 0 Å². The Kier molecular flexibility index (Phi) is 5.57. The molecule has 0 aliphatic carbocycles. The van der Waals surface area contributed by atoms with Gasteiger partial charge in [0.1, 0.15) is 17.7 Å². The number of imide groups is 1. The Morgan fingerprint density at radius 2 is 1.92 bits per heavy atom. The lowest BCUT2D eigenvalue weighted by molar-refractivity contribution is -0.136. The van der Waals surface area contributed by atoms with Crippen LogP contribution in [0, 0.1) is 11.6 Å². The molecular formula is C26H25F2N5O4. The number of nitrogens with zero attached hydrogens (tertiary/aromatic N) is 3. The van der Waals surface area contributed by atoms with Crippen LogP contribution < -0.4 is 5.32 Å². The molecule has 6 rings (SSSR count). The number of rotatable bonds is 4. The van der Waals surface area contributed by atoms with E-state index in [1.165, 1.54) is 4.90 Å². The summed E-state index contributed by atoms with van der Waals surface area (Å²) < 4.78 is 31.0. The highest BCUT2D eigenvalue weighted by molar-refractivity contribution is 6.05. The average Bonchev–Trinajstić information content (AvgIpc) is 3.45. The maximum Gasteiger partial charge on any atom is 0.255 e. The summed E-state index contributed by atoms with van der Waals surface area (Å²) in [7, 11) is 0. The molecule has 37 heavy (non-hydrogen) atoms.